The minimum Gasteiger partial charge on any atom is -0.281 e. The van der Waals surface area contributed by atoms with Crippen LogP contribution in [0.3, 0.4) is 0 Å². The largest absolute Gasteiger partial charge is 0.281 e. The van der Waals surface area contributed by atoms with Gasteiger partial charge in [-0.25, -0.2) is 4.39 Å². The number of halogens is 2. The third-order valence-electron chi connectivity index (χ3n) is 3.10. The van der Waals surface area contributed by atoms with Crippen LogP contribution in [0.4, 0.5) is 4.39 Å². The Hall–Kier alpha value is -1.67. The summed E-state index contributed by atoms with van der Waals surface area (Å²) in [6.45, 7) is 1.99. The monoisotopic (exact) mass is 276 g/mol. The average molecular weight is 277 g/mol. The Bertz CT molecular complexity index is 578. The molecule has 0 spiro atoms. The first-order chi connectivity index (χ1) is 9.06. The van der Waals surface area contributed by atoms with E-state index in [2.05, 4.69) is 0 Å². The van der Waals surface area contributed by atoms with E-state index in [-0.39, 0.29) is 18.2 Å². The lowest BCUT2D eigenvalue weighted by molar-refractivity contribution is -0.111. The summed E-state index contributed by atoms with van der Waals surface area (Å²) in [4.78, 5) is 11.2. The zero-order valence-electron chi connectivity index (χ0n) is 10.6. The summed E-state index contributed by atoms with van der Waals surface area (Å²) in [5.41, 5.74) is 2.86. The molecule has 0 aliphatic carbocycles. The van der Waals surface area contributed by atoms with Crippen LogP contribution in [0.25, 0.3) is 0 Å². The highest BCUT2D eigenvalue weighted by Crippen LogP contribution is 2.29. The summed E-state index contributed by atoms with van der Waals surface area (Å²) in [5.74, 6) is -0.516. The first kappa shape index (κ1) is 13.8. The Kier molecular flexibility index (Phi) is 4.33. The van der Waals surface area contributed by atoms with Gasteiger partial charge < -0.3 is 0 Å². The van der Waals surface area contributed by atoms with Crippen molar-refractivity contribution in [2.24, 2.45) is 0 Å². The average Bonchev–Trinajstić information content (AvgIpc) is 2.37. The van der Waals surface area contributed by atoms with Gasteiger partial charge in [0.1, 0.15) is 5.82 Å². The van der Waals surface area contributed by atoms with E-state index in [0.717, 1.165) is 16.7 Å². The van der Waals surface area contributed by atoms with Crippen molar-refractivity contribution in [3.8, 4) is 0 Å². The molecule has 0 amide bonds. The second-order valence-corrected chi connectivity index (χ2v) is 5.00. The Balaban J connectivity index is 2.40. The molecule has 0 aliphatic rings. The van der Waals surface area contributed by atoms with Crippen LogP contribution in [-0.2, 0) is 4.79 Å². The molecule has 0 fully saturated rings. The standard InChI is InChI=1S/C16H14ClFO/c1-11-5-7-12(8-6-11)15(10-16(17)19)13-3-2-4-14(18)9-13/h2-9,15H,10H2,1H3. The number of carbonyl (C=O) groups excluding carboxylic acids is 1. The van der Waals surface area contributed by atoms with Crippen LogP contribution in [-0.4, -0.2) is 5.24 Å². The molecule has 0 aliphatic heterocycles. The van der Waals surface area contributed by atoms with Crippen LogP contribution in [0.1, 0.15) is 29.0 Å². The first-order valence-corrected chi connectivity index (χ1v) is 6.44. The molecule has 3 heteroatoms. The fourth-order valence-corrected chi connectivity index (χ4v) is 2.27. The maximum atomic E-state index is 13.3. The molecule has 0 aromatic heterocycles. The normalized spacial score (nSPS) is 12.2. The highest BCUT2D eigenvalue weighted by molar-refractivity contribution is 6.63. The second kappa shape index (κ2) is 5.98. The van der Waals surface area contributed by atoms with Crippen molar-refractivity contribution in [1.29, 1.82) is 0 Å². The van der Waals surface area contributed by atoms with E-state index in [4.69, 9.17) is 11.6 Å². The summed E-state index contributed by atoms with van der Waals surface area (Å²) in [7, 11) is 0. The van der Waals surface area contributed by atoms with Crippen molar-refractivity contribution in [2.45, 2.75) is 19.3 Å². The number of aryl methyl sites for hydroxylation is 1. The third-order valence-corrected chi connectivity index (χ3v) is 3.25. The molecular formula is C16H14ClFO. The lowest BCUT2D eigenvalue weighted by atomic mass is 9.88. The number of rotatable bonds is 4. The fraction of sp³-hybridized carbons (Fsp3) is 0.188. The number of benzene rings is 2. The molecule has 1 atom stereocenters. The summed E-state index contributed by atoms with van der Waals surface area (Å²) in [6.07, 6.45) is 0.161. The minimum absolute atomic E-state index is 0.161. The number of hydrogen-bond acceptors (Lipinski definition) is 1. The molecular weight excluding hydrogens is 263 g/mol. The molecule has 19 heavy (non-hydrogen) atoms. The van der Waals surface area contributed by atoms with E-state index in [1.54, 1.807) is 6.07 Å². The van der Waals surface area contributed by atoms with Gasteiger partial charge in [0.05, 0.1) is 0 Å². The second-order valence-electron chi connectivity index (χ2n) is 4.58. The summed E-state index contributed by atoms with van der Waals surface area (Å²) < 4.78 is 13.3. The van der Waals surface area contributed by atoms with E-state index in [1.807, 2.05) is 37.3 Å². The maximum absolute atomic E-state index is 13.3. The van der Waals surface area contributed by atoms with Gasteiger partial charge in [-0.3, -0.25) is 4.79 Å². The smallest absolute Gasteiger partial charge is 0.222 e. The molecule has 1 unspecified atom stereocenters. The van der Waals surface area contributed by atoms with Gasteiger partial charge in [-0.15, -0.1) is 0 Å². The SMILES string of the molecule is Cc1ccc(C(CC(=O)Cl)c2cccc(F)c2)cc1. The third kappa shape index (κ3) is 3.65. The van der Waals surface area contributed by atoms with Gasteiger partial charge in [0.2, 0.25) is 5.24 Å². The van der Waals surface area contributed by atoms with Crippen molar-refractivity contribution in [2.75, 3.05) is 0 Å². The Labute approximate surface area is 117 Å². The molecule has 2 rings (SSSR count). The molecule has 0 bridgehead atoms. The quantitative estimate of drug-likeness (QED) is 0.756. The predicted octanol–water partition coefficient (Wildman–Crippen LogP) is 4.42. The minimum atomic E-state index is -0.421. The fourth-order valence-electron chi connectivity index (χ4n) is 2.11. The Morgan fingerprint density at radius 2 is 1.84 bits per heavy atom. The molecule has 0 saturated heterocycles. The highest BCUT2D eigenvalue weighted by Gasteiger charge is 2.17. The van der Waals surface area contributed by atoms with Crippen molar-refractivity contribution in [3.05, 3.63) is 71.0 Å². The molecule has 2 aromatic rings. The summed E-state index contributed by atoms with van der Waals surface area (Å²) >= 11 is 5.51. The van der Waals surface area contributed by atoms with Gasteiger partial charge in [-0.2, -0.15) is 0 Å². The molecule has 0 N–H and O–H groups in total. The molecule has 0 saturated carbocycles. The van der Waals surface area contributed by atoms with Crippen molar-refractivity contribution in [1.82, 2.24) is 0 Å². The molecule has 2 aromatic carbocycles. The van der Waals surface area contributed by atoms with Crippen molar-refractivity contribution < 1.29 is 9.18 Å². The van der Waals surface area contributed by atoms with E-state index < -0.39 is 5.24 Å². The predicted molar refractivity (Wildman–Crippen MR) is 74.9 cm³/mol. The molecule has 98 valence electrons. The highest BCUT2D eigenvalue weighted by atomic mass is 35.5. The zero-order valence-corrected chi connectivity index (χ0v) is 11.3. The van der Waals surface area contributed by atoms with Gasteiger partial charge in [-0.05, 0) is 41.8 Å². The lowest BCUT2D eigenvalue weighted by Gasteiger charge is -2.16. The van der Waals surface area contributed by atoms with Crippen LogP contribution in [0.15, 0.2) is 48.5 Å². The van der Waals surface area contributed by atoms with Crippen molar-refractivity contribution >= 4 is 16.8 Å². The molecule has 1 nitrogen and oxygen atoms in total. The Morgan fingerprint density at radius 3 is 2.42 bits per heavy atom. The number of hydrogen-bond donors (Lipinski definition) is 0. The van der Waals surface area contributed by atoms with Gasteiger partial charge in [0.25, 0.3) is 0 Å². The van der Waals surface area contributed by atoms with Crippen molar-refractivity contribution in [3.63, 3.8) is 0 Å². The summed E-state index contributed by atoms with van der Waals surface area (Å²) in [6, 6.07) is 14.1. The van der Waals surface area contributed by atoms with Crippen LogP contribution in [0.2, 0.25) is 0 Å². The van der Waals surface area contributed by atoms with E-state index in [9.17, 15) is 9.18 Å². The molecule has 0 radical (unpaired) electrons. The summed E-state index contributed by atoms with van der Waals surface area (Å²) in [5, 5.41) is -0.421. The van der Waals surface area contributed by atoms with Gasteiger partial charge >= 0.3 is 0 Å². The molecule has 0 heterocycles. The van der Waals surface area contributed by atoms with Crippen LogP contribution in [0, 0.1) is 12.7 Å². The van der Waals surface area contributed by atoms with E-state index >= 15 is 0 Å². The van der Waals surface area contributed by atoms with Crippen LogP contribution in [0.5, 0.6) is 0 Å². The lowest BCUT2D eigenvalue weighted by Crippen LogP contribution is -2.05. The number of carbonyl (C=O) groups is 1. The first-order valence-electron chi connectivity index (χ1n) is 6.06. The van der Waals surface area contributed by atoms with Gasteiger partial charge in [0, 0.05) is 12.3 Å². The zero-order chi connectivity index (χ0) is 13.8. The van der Waals surface area contributed by atoms with Gasteiger partial charge in [-0.1, -0.05) is 42.0 Å². The van der Waals surface area contributed by atoms with E-state index in [1.165, 1.54) is 12.1 Å². The Morgan fingerprint density at radius 1 is 1.16 bits per heavy atom. The van der Waals surface area contributed by atoms with E-state index in [0.29, 0.717) is 0 Å². The van der Waals surface area contributed by atoms with Crippen LogP contribution >= 0.6 is 11.6 Å². The maximum Gasteiger partial charge on any atom is 0.222 e. The van der Waals surface area contributed by atoms with Crippen LogP contribution < -0.4 is 0 Å². The van der Waals surface area contributed by atoms with Gasteiger partial charge in [0.15, 0.2) is 0 Å². The topological polar surface area (TPSA) is 17.1 Å².